The normalized spacial score (nSPS) is 13.4. The molecule has 5 heteroatoms. The largest absolute Gasteiger partial charge is 0.343 e. The van der Waals surface area contributed by atoms with Gasteiger partial charge in [-0.05, 0) is 48.9 Å². The zero-order valence-electron chi connectivity index (χ0n) is 15.6. The lowest BCUT2D eigenvalue weighted by molar-refractivity contribution is -0.130. The minimum absolute atomic E-state index is 0.206. The van der Waals surface area contributed by atoms with Crippen molar-refractivity contribution in [2.24, 2.45) is 0 Å². The first-order valence-electron chi connectivity index (χ1n) is 9.66. The number of nitrogens with zero attached hydrogens (tertiary/aromatic N) is 1. The van der Waals surface area contributed by atoms with Crippen molar-refractivity contribution in [1.82, 2.24) is 10.2 Å². The van der Waals surface area contributed by atoms with E-state index >= 15 is 0 Å². The summed E-state index contributed by atoms with van der Waals surface area (Å²) in [6.45, 7) is 2.40. The summed E-state index contributed by atoms with van der Waals surface area (Å²) in [5.74, 6) is 0.243. The first kappa shape index (κ1) is 19.0. The Kier molecular flexibility index (Phi) is 6.85. The van der Waals surface area contributed by atoms with Gasteiger partial charge in [0.25, 0.3) is 0 Å². The maximum atomic E-state index is 12.1. The average molecular weight is 365 g/mol. The Labute approximate surface area is 160 Å². The molecule has 0 bridgehead atoms. The third-order valence-electron chi connectivity index (χ3n) is 4.84. The molecule has 0 atom stereocenters. The van der Waals surface area contributed by atoms with Crippen LogP contribution in [0, 0.1) is 0 Å². The first-order chi connectivity index (χ1) is 13.2. The summed E-state index contributed by atoms with van der Waals surface area (Å²) >= 11 is 0. The lowest BCUT2D eigenvalue weighted by Gasteiger charge is -2.15. The van der Waals surface area contributed by atoms with Gasteiger partial charge in [-0.15, -0.1) is 0 Å². The van der Waals surface area contributed by atoms with Gasteiger partial charge < -0.3 is 15.5 Å². The second kappa shape index (κ2) is 9.76. The molecule has 0 spiro atoms. The lowest BCUT2D eigenvalue weighted by Crippen LogP contribution is -2.30. The minimum atomic E-state index is -0.206. The Hall–Kier alpha value is -2.82. The summed E-state index contributed by atoms with van der Waals surface area (Å²) in [6, 6.07) is 17.6. The van der Waals surface area contributed by atoms with Crippen LogP contribution in [0.4, 0.5) is 10.5 Å². The predicted molar refractivity (Wildman–Crippen MR) is 108 cm³/mol. The van der Waals surface area contributed by atoms with E-state index in [2.05, 4.69) is 10.6 Å². The Morgan fingerprint density at radius 1 is 0.852 bits per heavy atom. The Balaban J connectivity index is 1.37. The summed E-state index contributed by atoms with van der Waals surface area (Å²) in [5, 5.41) is 5.71. The van der Waals surface area contributed by atoms with E-state index in [9.17, 15) is 9.59 Å². The second-order valence-corrected chi connectivity index (χ2v) is 6.90. The van der Waals surface area contributed by atoms with Crippen molar-refractivity contribution >= 4 is 17.6 Å². The maximum Gasteiger partial charge on any atom is 0.319 e. The van der Waals surface area contributed by atoms with Crippen LogP contribution in [-0.4, -0.2) is 36.5 Å². The van der Waals surface area contributed by atoms with Crippen LogP contribution in [-0.2, 0) is 17.6 Å². The van der Waals surface area contributed by atoms with Crippen LogP contribution in [0.25, 0.3) is 0 Å². The van der Waals surface area contributed by atoms with E-state index in [1.165, 1.54) is 5.56 Å². The molecule has 1 aliphatic heterocycles. The molecule has 2 N–H and O–H groups in total. The molecule has 3 rings (SSSR count). The van der Waals surface area contributed by atoms with Crippen LogP contribution in [0.2, 0.25) is 0 Å². The van der Waals surface area contributed by atoms with E-state index in [-0.39, 0.29) is 11.9 Å². The summed E-state index contributed by atoms with van der Waals surface area (Å²) in [5.41, 5.74) is 3.06. The van der Waals surface area contributed by atoms with Crippen molar-refractivity contribution < 1.29 is 9.59 Å². The summed E-state index contributed by atoms with van der Waals surface area (Å²) in [6.07, 6.45) is 4.34. The maximum absolute atomic E-state index is 12.1. The van der Waals surface area contributed by atoms with Crippen molar-refractivity contribution in [2.75, 3.05) is 25.0 Å². The van der Waals surface area contributed by atoms with Crippen LogP contribution >= 0.6 is 0 Å². The summed E-state index contributed by atoms with van der Waals surface area (Å²) in [4.78, 5) is 26.0. The van der Waals surface area contributed by atoms with E-state index in [0.717, 1.165) is 50.0 Å². The number of likely N-dealkylation sites (tertiary alicyclic amines) is 1. The predicted octanol–water partition coefficient (Wildman–Crippen LogP) is 3.61. The molecule has 0 aromatic heterocycles. The van der Waals surface area contributed by atoms with Crippen LogP contribution in [0.1, 0.15) is 30.4 Å². The highest BCUT2D eigenvalue weighted by Gasteiger charge is 2.17. The fraction of sp³-hybridized carbons (Fsp3) is 0.364. The van der Waals surface area contributed by atoms with Gasteiger partial charge in [-0.3, -0.25) is 4.79 Å². The molecule has 3 amide bonds. The standard InChI is InChI=1S/C22H27N3O2/c26-21(25-16-4-5-17-25)13-10-19-8-11-20(12-9-19)24-22(27)23-15-14-18-6-2-1-3-7-18/h1-3,6-9,11-12H,4-5,10,13-17H2,(H2,23,24,27). The number of anilines is 1. The fourth-order valence-corrected chi connectivity index (χ4v) is 3.27. The molecule has 1 fully saturated rings. The van der Waals surface area contributed by atoms with Gasteiger partial charge in [-0.25, -0.2) is 4.79 Å². The first-order valence-corrected chi connectivity index (χ1v) is 9.66. The minimum Gasteiger partial charge on any atom is -0.343 e. The molecule has 1 heterocycles. The van der Waals surface area contributed by atoms with Gasteiger partial charge in [0.05, 0.1) is 0 Å². The quantitative estimate of drug-likeness (QED) is 0.787. The highest BCUT2D eigenvalue weighted by molar-refractivity contribution is 5.89. The number of urea groups is 1. The van der Waals surface area contributed by atoms with Gasteiger partial charge in [0.2, 0.25) is 5.91 Å². The molecule has 0 unspecified atom stereocenters. The molecule has 27 heavy (non-hydrogen) atoms. The number of carbonyl (C=O) groups excluding carboxylic acids is 2. The van der Waals surface area contributed by atoms with E-state index in [1.807, 2.05) is 59.5 Å². The number of hydrogen-bond acceptors (Lipinski definition) is 2. The van der Waals surface area contributed by atoms with Gasteiger partial charge >= 0.3 is 6.03 Å². The van der Waals surface area contributed by atoms with Crippen molar-refractivity contribution in [2.45, 2.75) is 32.1 Å². The van der Waals surface area contributed by atoms with Crippen molar-refractivity contribution in [3.05, 3.63) is 65.7 Å². The average Bonchev–Trinajstić information content (AvgIpc) is 3.23. The molecule has 0 radical (unpaired) electrons. The number of carbonyl (C=O) groups is 2. The van der Waals surface area contributed by atoms with Gasteiger partial charge in [-0.1, -0.05) is 42.5 Å². The smallest absolute Gasteiger partial charge is 0.319 e. The molecule has 5 nitrogen and oxygen atoms in total. The molecule has 1 aliphatic rings. The zero-order valence-corrected chi connectivity index (χ0v) is 15.6. The number of amides is 3. The Morgan fingerprint density at radius 3 is 2.22 bits per heavy atom. The fourth-order valence-electron chi connectivity index (χ4n) is 3.27. The SMILES string of the molecule is O=C(NCCc1ccccc1)Nc1ccc(CCC(=O)N2CCCC2)cc1. The summed E-state index contributed by atoms with van der Waals surface area (Å²) in [7, 11) is 0. The molecule has 2 aromatic carbocycles. The van der Waals surface area contributed by atoms with Crippen LogP contribution in [0.3, 0.4) is 0 Å². The highest BCUT2D eigenvalue weighted by atomic mass is 16.2. The van der Waals surface area contributed by atoms with Crippen molar-refractivity contribution in [3.8, 4) is 0 Å². The van der Waals surface area contributed by atoms with Gasteiger partial charge in [0, 0.05) is 31.7 Å². The highest BCUT2D eigenvalue weighted by Crippen LogP contribution is 2.14. The zero-order chi connectivity index (χ0) is 18.9. The van der Waals surface area contributed by atoms with Gasteiger partial charge in [0.1, 0.15) is 0 Å². The number of nitrogens with one attached hydrogen (secondary N) is 2. The van der Waals surface area contributed by atoms with E-state index in [0.29, 0.717) is 13.0 Å². The summed E-state index contributed by atoms with van der Waals surface area (Å²) < 4.78 is 0. The number of benzene rings is 2. The van der Waals surface area contributed by atoms with E-state index in [1.54, 1.807) is 0 Å². The molecule has 142 valence electrons. The van der Waals surface area contributed by atoms with Gasteiger partial charge in [-0.2, -0.15) is 0 Å². The van der Waals surface area contributed by atoms with Crippen molar-refractivity contribution in [3.63, 3.8) is 0 Å². The topological polar surface area (TPSA) is 61.4 Å². The van der Waals surface area contributed by atoms with E-state index < -0.39 is 0 Å². The third-order valence-corrected chi connectivity index (χ3v) is 4.84. The number of rotatable bonds is 7. The molecule has 0 saturated carbocycles. The number of aryl methyl sites for hydroxylation is 1. The molecule has 2 aromatic rings. The Morgan fingerprint density at radius 2 is 1.52 bits per heavy atom. The lowest BCUT2D eigenvalue weighted by atomic mass is 10.1. The van der Waals surface area contributed by atoms with Crippen molar-refractivity contribution in [1.29, 1.82) is 0 Å². The Bertz CT molecular complexity index is 738. The van der Waals surface area contributed by atoms with Crippen LogP contribution in [0.15, 0.2) is 54.6 Å². The molecule has 1 saturated heterocycles. The molecular weight excluding hydrogens is 338 g/mol. The third kappa shape index (κ3) is 6.13. The second-order valence-electron chi connectivity index (χ2n) is 6.90. The molecule has 0 aliphatic carbocycles. The van der Waals surface area contributed by atoms with E-state index in [4.69, 9.17) is 0 Å². The number of hydrogen-bond donors (Lipinski definition) is 2. The van der Waals surface area contributed by atoms with Crippen LogP contribution < -0.4 is 10.6 Å². The van der Waals surface area contributed by atoms with Crippen LogP contribution in [0.5, 0.6) is 0 Å². The van der Waals surface area contributed by atoms with Gasteiger partial charge in [0.15, 0.2) is 0 Å². The molecular formula is C22H27N3O2. The monoisotopic (exact) mass is 365 g/mol.